The van der Waals surface area contributed by atoms with Crippen molar-refractivity contribution in [1.82, 2.24) is 19.6 Å². The first-order valence-electron chi connectivity index (χ1n) is 5.53. The van der Waals surface area contributed by atoms with Crippen molar-refractivity contribution in [2.75, 3.05) is 5.32 Å². The van der Waals surface area contributed by atoms with E-state index in [9.17, 15) is 0 Å². The van der Waals surface area contributed by atoms with Gasteiger partial charge in [-0.1, -0.05) is 17.7 Å². The molecule has 0 atom stereocenters. The lowest BCUT2D eigenvalue weighted by Crippen LogP contribution is -2.02. The lowest BCUT2D eigenvalue weighted by molar-refractivity contribution is 0.947. The number of nitrogens with zero attached hydrogens (tertiary/aromatic N) is 4. The molecule has 3 rings (SSSR count). The van der Waals surface area contributed by atoms with Crippen molar-refractivity contribution in [1.29, 1.82) is 0 Å². The van der Waals surface area contributed by atoms with Gasteiger partial charge >= 0.3 is 0 Å². The lowest BCUT2D eigenvalue weighted by atomic mass is 10.2. The van der Waals surface area contributed by atoms with Crippen molar-refractivity contribution >= 4 is 44.8 Å². The van der Waals surface area contributed by atoms with E-state index in [1.807, 2.05) is 25.1 Å². The second kappa shape index (κ2) is 4.79. The summed E-state index contributed by atoms with van der Waals surface area (Å²) >= 11 is 9.48. The van der Waals surface area contributed by atoms with Crippen molar-refractivity contribution in [2.45, 2.75) is 6.92 Å². The first-order chi connectivity index (χ1) is 9.13. The molecule has 1 aromatic carbocycles. The molecular weight excluding hydrogens is 330 g/mol. The van der Waals surface area contributed by atoms with Crippen LogP contribution in [0, 0.1) is 6.92 Å². The number of nitrogens with one attached hydrogen (secondary N) is 1. The van der Waals surface area contributed by atoms with Crippen LogP contribution in [-0.2, 0) is 0 Å². The number of rotatable bonds is 2. The van der Waals surface area contributed by atoms with Crippen LogP contribution in [0.2, 0.25) is 5.15 Å². The highest BCUT2D eigenvalue weighted by atomic mass is 79.9. The molecule has 2 aromatic heterocycles. The summed E-state index contributed by atoms with van der Waals surface area (Å²) in [6, 6.07) is 7.75. The topological polar surface area (TPSA) is 55.1 Å². The number of benzene rings is 1. The van der Waals surface area contributed by atoms with Crippen LogP contribution >= 0.6 is 27.5 Å². The van der Waals surface area contributed by atoms with Gasteiger partial charge in [-0.05, 0) is 40.5 Å². The Morgan fingerprint density at radius 1 is 1.32 bits per heavy atom. The van der Waals surface area contributed by atoms with Gasteiger partial charge in [0, 0.05) is 10.5 Å². The van der Waals surface area contributed by atoms with E-state index in [0.29, 0.717) is 16.7 Å². The number of aryl methyl sites for hydroxylation is 1. The van der Waals surface area contributed by atoms with Crippen molar-refractivity contribution in [3.63, 3.8) is 0 Å². The predicted octanol–water partition coefficient (Wildman–Crippen LogP) is 3.59. The first-order valence-corrected chi connectivity index (χ1v) is 6.70. The largest absolute Gasteiger partial charge is 0.339 e. The van der Waals surface area contributed by atoms with Crippen LogP contribution < -0.4 is 5.32 Å². The summed E-state index contributed by atoms with van der Waals surface area (Å²) in [5.74, 6) is 1.16. The van der Waals surface area contributed by atoms with Gasteiger partial charge < -0.3 is 5.32 Å². The summed E-state index contributed by atoms with van der Waals surface area (Å²) in [6.07, 6.45) is 1.44. The van der Waals surface area contributed by atoms with Crippen LogP contribution in [0.3, 0.4) is 0 Å². The fraction of sp³-hybridized carbons (Fsp3) is 0.0833. The molecule has 0 aliphatic rings. The average Bonchev–Trinajstić information content (AvgIpc) is 2.82. The summed E-state index contributed by atoms with van der Waals surface area (Å²) < 4.78 is 2.56. The van der Waals surface area contributed by atoms with Gasteiger partial charge in [-0.15, -0.1) is 0 Å². The molecule has 1 N–H and O–H groups in total. The van der Waals surface area contributed by atoms with Crippen molar-refractivity contribution in [3.05, 3.63) is 45.8 Å². The fourth-order valence-electron chi connectivity index (χ4n) is 1.75. The van der Waals surface area contributed by atoms with E-state index < -0.39 is 0 Å². The molecular formula is C12H9BrClN5. The van der Waals surface area contributed by atoms with Gasteiger partial charge in [0.25, 0.3) is 5.78 Å². The van der Waals surface area contributed by atoms with Crippen LogP contribution in [0.4, 0.5) is 11.5 Å². The number of hydrogen-bond donors (Lipinski definition) is 1. The molecule has 0 fully saturated rings. The van der Waals surface area contributed by atoms with Crippen LogP contribution in [-0.4, -0.2) is 19.6 Å². The third-order valence-corrected chi connectivity index (χ3v) is 3.49. The molecule has 0 spiro atoms. The Morgan fingerprint density at radius 3 is 3.00 bits per heavy atom. The van der Waals surface area contributed by atoms with Crippen molar-refractivity contribution in [3.8, 4) is 0 Å². The van der Waals surface area contributed by atoms with Gasteiger partial charge in [-0.3, -0.25) is 0 Å². The van der Waals surface area contributed by atoms with E-state index in [1.165, 1.54) is 6.33 Å². The Hall–Kier alpha value is -1.66. The predicted molar refractivity (Wildman–Crippen MR) is 78.0 cm³/mol. The number of halogens is 2. The SMILES string of the molecule is Cc1ccc(Br)c(Nc2cc(Cl)nc3ncnn23)c1. The van der Waals surface area contributed by atoms with E-state index >= 15 is 0 Å². The number of fused-ring (bicyclic) bond motifs is 1. The quantitative estimate of drug-likeness (QED) is 0.726. The Balaban J connectivity index is 2.10. The monoisotopic (exact) mass is 337 g/mol. The molecule has 0 aliphatic carbocycles. The highest BCUT2D eigenvalue weighted by Crippen LogP contribution is 2.27. The van der Waals surface area contributed by atoms with Crippen LogP contribution in [0.1, 0.15) is 5.56 Å². The lowest BCUT2D eigenvalue weighted by Gasteiger charge is -2.10. The smallest absolute Gasteiger partial charge is 0.255 e. The molecule has 0 amide bonds. The molecule has 19 heavy (non-hydrogen) atoms. The summed E-state index contributed by atoms with van der Waals surface area (Å²) in [5.41, 5.74) is 2.08. The molecule has 0 aliphatic heterocycles. The minimum atomic E-state index is 0.367. The van der Waals surface area contributed by atoms with Crippen molar-refractivity contribution in [2.24, 2.45) is 0 Å². The maximum Gasteiger partial charge on any atom is 0.255 e. The van der Waals surface area contributed by atoms with E-state index in [2.05, 4.69) is 36.3 Å². The first kappa shape index (κ1) is 12.4. The Kier molecular flexibility index (Phi) is 3.12. The Morgan fingerprint density at radius 2 is 2.16 bits per heavy atom. The molecule has 2 heterocycles. The molecule has 0 unspecified atom stereocenters. The summed E-state index contributed by atoms with van der Waals surface area (Å²) in [6.45, 7) is 2.03. The summed E-state index contributed by atoms with van der Waals surface area (Å²) in [5, 5.41) is 7.75. The second-order valence-corrected chi connectivity index (χ2v) is 5.29. The van der Waals surface area contributed by atoms with E-state index in [-0.39, 0.29) is 0 Å². The van der Waals surface area contributed by atoms with Gasteiger partial charge in [-0.2, -0.15) is 19.6 Å². The second-order valence-electron chi connectivity index (χ2n) is 4.04. The van der Waals surface area contributed by atoms with Gasteiger partial charge in [0.05, 0.1) is 5.69 Å². The Labute approximate surface area is 122 Å². The molecule has 5 nitrogen and oxygen atoms in total. The van der Waals surface area contributed by atoms with E-state index in [1.54, 1.807) is 10.6 Å². The molecule has 0 saturated carbocycles. The third kappa shape index (κ3) is 2.41. The zero-order chi connectivity index (χ0) is 13.4. The summed E-state index contributed by atoms with van der Waals surface area (Å²) in [4.78, 5) is 8.11. The van der Waals surface area contributed by atoms with Gasteiger partial charge in [0.15, 0.2) is 0 Å². The Bertz CT molecular complexity index is 755. The van der Waals surface area contributed by atoms with E-state index in [4.69, 9.17) is 11.6 Å². The molecule has 7 heteroatoms. The van der Waals surface area contributed by atoms with Crippen LogP contribution in [0.25, 0.3) is 5.78 Å². The van der Waals surface area contributed by atoms with E-state index in [0.717, 1.165) is 15.7 Å². The molecule has 0 saturated heterocycles. The minimum Gasteiger partial charge on any atom is -0.339 e. The fourth-order valence-corrected chi connectivity index (χ4v) is 2.27. The molecule has 3 aromatic rings. The standard InChI is InChI=1S/C12H9BrClN5/c1-7-2-3-8(13)9(4-7)17-11-5-10(14)18-12-15-6-16-19(11)12/h2-6,17H,1H3. The minimum absolute atomic E-state index is 0.367. The highest BCUT2D eigenvalue weighted by molar-refractivity contribution is 9.10. The average molecular weight is 339 g/mol. The van der Waals surface area contributed by atoms with Gasteiger partial charge in [-0.25, -0.2) is 0 Å². The summed E-state index contributed by atoms with van der Waals surface area (Å²) in [7, 11) is 0. The van der Waals surface area contributed by atoms with Crippen molar-refractivity contribution < 1.29 is 0 Å². The molecule has 96 valence electrons. The van der Waals surface area contributed by atoms with Crippen LogP contribution in [0.5, 0.6) is 0 Å². The van der Waals surface area contributed by atoms with Gasteiger partial charge in [0.2, 0.25) is 0 Å². The normalized spacial score (nSPS) is 10.9. The zero-order valence-corrected chi connectivity index (χ0v) is 12.3. The van der Waals surface area contributed by atoms with Crippen LogP contribution in [0.15, 0.2) is 35.1 Å². The molecule has 0 radical (unpaired) electrons. The maximum absolute atomic E-state index is 5.97. The zero-order valence-electron chi connectivity index (χ0n) is 9.93. The molecule has 0 bridgehead atoms. The number of hydrogen-bond acceptors (Lipinski definition) is 4. The third-order valence-electron chi connectivity index (χ3n) is 2.61. The van der Waals surface area contributed by atoms with Gasteiger partial charge in [0.1, 0.15) is 17.3 Å². The highest BCUT2D eigenvalue weighted by Gasteiger charge is 2.08. The number of aromatic nitrogens is 4. The number of anilines is 2. The maximum atomic E-state index is 5.97.